The standard InChI is InChI=1S/C10H8N2O.2C5H5.Fe/c13-10-11-8-5-6-12(10)9-4-2-1-3-7(8)9;2*1-2-4-5-3-1;/h1-6,8H,(H,11,13);2*1-5H;/q;-5;-1;. The van der Waals surface area contributed by atoms with Gasteiger partial charge in [-0.15, -0.1) is 0 Å². The second-order valence-corrected chi connectivity index (χ2v) is 5.12. The van der Waals surface area contributed by atoms with Gasteiger partial charge >= 0.3 is 6.03 Å². The Bertz CT molecular complexity index is 687. The maximum Gasteiger partial charge on any atom is 0.326 e. The first-order valence-corrected chi connectivity index (χ1v) is 7.56. The van der Waals surface area contributed by atoms with E-state index in [2.05, 4.69) is 5.32 Å². The molecule has 1 N–H and O–H groups in total. The molecule has 0 fully saturated rings. The number of carbonyl (C=O) groups is 1. The fourth-order valence-corrected chi connectivity index (χ4v) is 2.47. The number of rotatable bonds is 0. The average molecular weight is 358 g/mol. The molecule has 3 aromatic rings. The van der Waals surface area contributed by atoms with Gasteiger partial charge in [-0.05, 0) is 12.1 Å². The monoisotopic (exact) mass is 358 g/mol. The molecule has 4 heteroatoms. The Kier molecular flexibility index (Phi) is 6.61. The Labute approximate surface area is 152 Å². The number of benzene rings is 1. The molecule has 1 unspecified atom stereocenters. The van der Waals surface area contributed by atoms with Crippen molar-refractivity contribution in [2.24, 2.45) is 0 Å². The molecule has 0 saturated carbocycles. The molecule has 3 aromatic carbocycles. The van der Waals surface area contributed by atoms with E-state index in [0.717, 1.165) is 5.69 Å². The zero-order valence-corrected chi connectivity index (χ0v) is 14.1. The topological polar surface area (TPSA) is 32.3 Å². The third kappa shape index (κ3) is 4.25. The minimum absolute atomic E-state index is 0. The fraction of sp³-hybridized carbons (Fsp3) is 0.0500. The Morgan fingerprint density at radius 3 is 2.08 bits per heavy atom. The van der Waals surface area contributed by atoms with Crippen LogP contribution in [0.3, 0.4) is 0 Å². The van der Waals surface area contributed by atoms with Gasteiger partial charge in [0.25, 0.3) is 0 Å². The molecule has 0 aliphatic carbocycles. The van der Waals surface area contributed by atoms with E-state index in [1.165, 1.54) is 5.56 Å². The third-order valence-electron chi connectivity index (χ3n) is 3.57. The van der Waals surface area contributed by atoms with Gasteiger partial charge in [0.1, 0.15) is 0 Å². The molecule has 3 nitrogen and oxygen atoms in total. The van der Waals surface area contributed by atoms with E-state index < -0.39 is 0 Å². The van der Waals surface area contributed by atoms with Gasteiger partial charge in [0, 0.05) is 28.8 Å². The van der Waals surface area contributed by atoms with Crippen molar-refractivity contribution in [3.05, 3.63) is 103 Å². The quantitative estimate of drug-likeness (QED) is 0.463. The van der Waals surface area contributed by atoms with E-state index in [0.29, 0.717) is 0 Å². The van der Waals surface area contributed by atoms with Crippen molar-refractivity contribution in [3.63, 3.8) is 0 Å². The van der Waals surface area contributed by atoms with E-state index in [9.17, 15) is 4.79 Å². The van der Waals surface area contributed by atoms with Crippen LogP contribution in [-0.4, -0.2) is 6.03 Å². The summed E-state index contributed by atoms with van der Waals surface area (Å²) in [4.78, 5) is 13.0. The molecule has 6 rings (SSSR count). The largest absolute Gasteiger partial charge is 0.748 e. The van der Waals surface area contributed by atoms with E-state index in [1.807, 2.05) is 97.2 Å². The predicted octanol–water partition coefficient (Wildman–Crippen LogP) is 4.59. The first kappa shape index (κ1) is 17.8. The van der Waals surface area contributed by atoms with E-state index in [1.54, 1.807) is 4.90 Å². The summed E-state index contributed by atoms with van der Waals surface area (Å²) >= 11 is 0. The first-order valence-electron chi connectivity index (χ1n) is 7.56. The maximum absolute atomic E-state index is 11.4. The SMILES string of the molecule is O=C1NC2C=CN1c1ccccc12.[Fe].[cH-]1[cH-][cH-][cH-][cH-]1.c1cc[cH-]c1. The summed E-state index contributed by atoms with van der Waals surface area (Å²) in [6.45, 7) is 0. The number of nitrogens with one attached hydrogen (secondary N) is 1. The van der Waals surface area contributed by atoms with Gasteiger partial charge in [0.2, 0.25) is 0 Å². The summed E-state index contributed by atoms with van der Waals surface area (Å²) < 4.78 is 0. The van der Waals surface area contributed by atoms with Crippen LogP contribution in [-0.2, 0) is 17.1 Å². The smallest absolute Gasteiger partial charge is 0.326 e. The van der Waals surface area contributed by atoms with E-state index >= 15 is 0 Å². The zero-order valence-electron chi connectivity index (χ0n) is 13.0. The van der Waals surface area contributed by atoms with Gasteiger partial charge in [-0.2, -0.15) is 18.2 Å². The Balaban J connectivity index is 0.000000157. The molecule has 0 saturated heterocycles. The molecule has 2 bridgehead atoms. The average Bonchev–Trinajstić information content (AvgIpc) is 3.34. The van der Waals surface area contributed by atoms with Crippen molar-refractivity contribution in [1.29, 1.82) is 0 Å². The molecule has 2 amide bonds. The number of amides is 2. The molecule has 24 heavy (non-hydrogen) atoms. The predicted molar refractivity (Wildman–Crippen MR) is 93.4 cm³/mol. The third-order valence-corrected chi connectivity index (χ3v) is 3.57. The van der Waals surface area contributed by atoms with Gasteiger partial charge < -0.3 is 35.6 Å². The van der Waals surface area contributed by atoms with Crippen molar-refractivity contribution in [1.82, 2.24) is 5.32 Å². The zero-order chi connectivity index (χ0) is 15.9. The van der Waals surface area contributed by atoms with Gasteiger partial charge in [-0.25, -0.2) is 16.9 Å². The molecule has 128 valence electrons. The van der Waals surface area contributed by atoms with Crippen LogP contribution in [0.4, 0.5) is 10.5 Å². The second-order valence-electron chi connectivity index (χ2n) is 5.12. The molecular formula is C20H18FeN2O-6. The number of fused-ring (bicyclic) bond motifs is 1. The van der Waals surface area contributed by atoms with E-state index in [4.69, 9.17) is 0 Å². The minimum atomic E-state index is -0.0359. The van der Waals surface area contributed by atoms with Gasteiger partial charge in [-0.3, -0.25) is 4.90 Å². The number of hydrogen-bond acceptors (Lipinski definition) is 1. The van der Waals surface area contributed by atoms with Crippen LogP contribution in [0.25, 0.3) is 0 Å². The van der Waals surface area contributed by atoms with Crippen molar-refractivity contribution >= 4 is 11.7 Å². The number of para-hydroxylation sites is 1. The molecule has 0 spiro atoms. The van der Waals surface area contributed by atoms with Crippen LogP contribution >= 0.6 is 0 Å². The number of hydrogen-bond donors (Lipinski definition) is 1. The van der Waals surface area contributed by atoms with Crippen molar-refractivity contribution in [2.75, 3.05) is 4.90 Å². The normalized spacial score (nSPS) is 15.8. The van der Waals surface area contributed by atoms with Gasteiger partial charge in [0.15, 0.2) is 0 Å². The Morgan fingerprint density at radius 1 is 0.917 bits per heavy atom. The summed E-state index contributed by atoms with van der Waals surface area (Å²) in [5.74, 6) is 0. The number of nitrogens with zero attached hydrogens (tertiary/aromatic N) is 1. The first-order chi connectivity index (χ1) is 11.4. The van der Waals surface area contributed by atoms with Crippen LogP contribution in [0, 0.1) is 0 Å². The van der Waals surface area contributed by atoms with Gasteiger partial charge in [-0.1, -0.05) is 18.2 Å². The van der Waals surface area contributed by atoms with Crippen LogP contribution < -0.4 is 10.2 Å². The molecule has 1 atom stereocenters. The van der Waals surface area contributed by atoms with E-state index in [-0.39, 0.29) is 29.1 Å². The molecule has 3 aliphatic heterocycles. The molecule has 3 heterocycles. The summed E-state index contributed by atoms with van der Waals surface area (Å²) in [6, 6.07) is 28.0. The molecule has 0 aromatic heterocycles. The number of anilines is 1. The van der Waals surface area contributed by atoms with Crippen molar-refractivity contribution < 1.29 is 21.9 Å². The minimum Gasteiger partial charge on any atom is -0.748 e. The van der Waals surface area contributed by atoms with Crippen LogP contribution in [0.1, 0.15) is 11.6 Å². The Morgan fingerprint density at radius 2 is 1.54 bits per heavy atom. The van der Waals surface area contributed by atoms with Crippen molar-refractivity contribution in [3.8, 4) is 0 Å². The summed E-state index contributed by atoms with van der Waals surface area (Å²) in [7, 11) is 0. The maximum atomic E-state index is 11.4. The second kappa shape index (κ2) is 8.92. The summed E-state index contributed by atoms with van der Waals surface area (Å²) in [5, 5.41) is 2.87. The number of urea groups is 1. The number of carbonyl (C=O) groups excluding carboxylic acids is 1. The van der Waals surface area contributed by atoms with Gasteiger partial charge in [0.05, 0.1) is 11.7 Å². The molecule has 3 aliphatic rings. The summed E-state index contributed by atoms with van der Waals surface area (Å²) in [5.41, 5.74) is 2.17. The Hall–Kier alpha value is -2.55. The fourth-order valence-electron chi connectivity index (χ4n) is 2.47. The molecular weight excluding hydrogens is 340 g/mol. The van der Waals surface area contributed by atoms with Crippen LogP contribution in [0.5, 0.6) is 0 Å². The van der Waals surface area contributed by atoms with Crippen LogP contribution in [0.15, 0.2) is 97.2 Å². The summed E-state index contributed by atoms with van der Waals surface area (Å²) in [6.07, 6.45) is 3.82. The van der Waals surface area contributed by atoms with Crippen molar-refractivity contribution in [2.45, 2.75) is 6.04 Å². The van der Waals surface area contributed by atoms with Crippen LogP contribution in [0.2, 0.25) is 0 Å². The molecule has 0 radical (unpaired) electrons.